The van der Waals surface area contributed by atoms with Gasteiger partial charge in [-0.3, -0.25) is 9.59 Å². The van der Waals surface area contributed by atoms with Crippen molar-refractivity contribution in [1.29, 1.82) is 0 Å². The van der Waals surface area contributed by atoms with Gasteiger partial charge >= 0.3 is 0 Å². The Morgan fingerprint density at radius 2 is 1.07 bits per heavy atom. The molecule has 2 unspecified atom stereocenters. The van der Waals surface area contributed by atoms with Gasteiger partial charge in [0.05, 0.1) is 23.7 Å². The van der Waals surface area contributed by atoms with E-state index in [9.17, 15) is 19.8 Å². The molecule has 162 valence electrons. The highest BCUT2D eigenvalue weighted by Gasteiger charge is 2.19. The maximum absolute atomic E-state index is 12.2. The van der Waals surface area contributed by atoms with Gasteiger partial charge < -0.3 is 20.0 Å². The smallest absolute Gasteiger partial charge is 0.236 e. The number of amides is 2. The van der Waals surface area contributed by atoms with E-state index < -0.39 is 12.2 Å². The molecule has 2 atom stereocenters. The zero-order valence-corrected chi connectivity index (χ0v) is 18.8. The minimum Gasteiger partial charge on any atom is -0.390 e. The van der Waals surface area contributed by atoms with E-state index in [0.29, 0.717) is 0 Å². The fourth-order valence-corrected chi connectivity index (χ4v) is 4.44. The van der Waals surface area contributed by atoms with Crippen molar-refractivity contribution < 1.29 is 19.8 Å². The van der Waals surface area contributed by atoms with Gasteiger partial charge in [0.25, 0.3) is 0 Å². The van der Waals surface area contributed by atoms with Crippen molar-refractivity contribution in [2.45, 2.75) is 12.2 Å². The van der Waals surface area contributed by atoms with Gasteiger partial charge in [-0.25, -0.2) is 0 Å². The first kappa shape index (κ1) is 24.3. The number of rotatable bonds is 11. The lowest BCUT2D eigenvalue weighted by Gasteiger charge is -2.20. The molecule has 30 heavy (non-hydrogen) atoms. The highest BCUT2D eigenvalue weighted by Crippen LogP contribution is 2.16. The van der Waals surface area contributed by atoms with Crippen LogP contribution in [0.4, 0.5) is 11.4 Å². The van der Waals surface area contributed by atoms with E-state index >= 15 is 0 Å². The Morgan fingerprint density at radius 3 is 1.40 bits per heavy atom. The van der Waals surface area contributed by atoms with E-state index in [-0.39, 0.29) is 34.8 Å². The number of benzene rings is 2. The van der Waals surface area contributed by atoms with Gasteiger partial charge in [-0.2, -0.15) is 0 Å². The zero-order valence-electron chi connectivity index (χ0n) is 17.2. The first-order valence-electron chi connectivity index (χ1n) is 9.55. The van der Waals surface area contributed by atoms with E-state index in [1.165, 1.54) is 23.5 Å². The van der Waals surface area contributed by atoms with Crippen molar-refractivity contribution >= 4 is 46.7 Å². The number of para-hydroxylation sites is 2. The number of nitrogens with zero attached hydrogens (tertiary/aromatic N) is 2. The Bertz CT molecular complexity index is 725. The molecule has 0 radical (unpaired) electrons. The van der Waals surface area contributed by atoms with Crippen LogP contribution in [0.5, 0.6) is 0 Å². The van der Waals surface area contributed by atoms with Crippen molar-refractivity contribution in [2.75, 3.05) is 46.9 Å². The zero-order chi connectivity index (χ0) is 21.9. The number of aliphatic hydroxyl groups is 2. The van der Waals surface area contributed by atoms with Crippen LogP contribution in [0, 0.1) is 0 Å². The summed E-state index contributed by atoms with van der Waals surface area (Å²) in [7, 11) is 3.42. The summed E-state index contributed by atoms with van der Waals surface area (Å²) in [5.74, 6) is 0.765. The molecule has 0 heterocycles. The second-order valence-corrected chi connectivity index (χ2v) is 8.80. The predicted octanol–water partition coefficient (Wildman–Crippen LogP) is 2.50. The molecule has 0 saturated carbocycles. The van der Waals surface area contributed by atoms with E-state index in [0.717, 1.165) is 11.4 Å². The third-order valence-electron chi connectivity index (χ3n) is 4.51. The summed E-state index contributed by atoms with van der Waals surface area (Å²) in [5.41, 5.74) is 1.62. The summed E-state index contributed by atoms with van der Waals surface area (Å²) in [6.07, 6.45) is -1.92. The Hall–Kier alpha value is -2.00. The Kier molecular flexibility index (Phi) is 10.2. The molecule has 8 heteroatoms. The summed E-state index contributed by atoms with van der Waals surface area (Å²) in [4.78, 5) is 27.6. The van der Waals surface area contributed by atoms with Gasteiger partial charge in [0, 0.05) is 37.0 Å². The third-order valence-corrected chi connectivity index (χ3v) is 6.56. The third kappa shape index (κ3) is 7.68. The van der Waals surface area contributed by atoms with E-state index in [1.54, 1.807) is 23.9 Å². The van der Waals surface area contributed by atoms with Crippen LogP contribution in [0.3, 0.4) is 0 Å². The van der Waals surface area contributed by atoms with Gasteiger partial charge in [0.15, 0.2) is 0 Å². The molecule has 0 aliphatic heterocycles. The van der Waals surface area contributed by atoms with Crippen LogP contribution in [0.1, 0.15) is 0 Å². The molecule has 0 aliphatic carbocycles. The fourth-order valence-electron chi connectivity index (χ4n) is 2.54. The average molecular weight is 449 g/mol. The van der Waals surface area contributed by atoms with Crippen LogP contribution in [0.2, 0.25) is 0 Å². The minimum absolute atomic E-state index is 0.0724. The Morgan fingerprint density at radius 1 is 0.733 bits per heavy atom. The second kappa shape index (κ2) is 12.6. The van der Waals surface area contributed by atoms with Crippen LogP contribution in [0.25, 0.3) is 0 Å². The second-order valence-electron chi connectivity index (χ2n) is 6.74. The molecule has 0 bridgehead atoms. The molecule has 2 amide bonds. The van der Waals surface area contributed by atoms with Gasteiger partial charge in [-0.1, -0.05) is 36.4 Å². The molecule has 2 rings (SSSR count). The first-order valence-corrected chi connectivity index (χ1v) is 11.9. The summed E-state index contributed by atoms with van der Waals surface area (Å²) in [6, 6.07) is 18.7. The molecule has 0 saturated heterocycles. The van der Waals surface area contributed by atoms with Crippen LogP contribution < -0.4 is 9.80 Å². The molecular formula is C22H28N2O4S2. The monoisotopic (exact) mass is 448 g/mol. The molecule has 6 nitrogen and oxygen atoms in total. The highest BCUT2D eigenvalue weighted by atomic mass is 32.2. The van der Waals surface area contributed by atoms with Crippen LogP contribution >= 0.6 is 23.5 Å². The summed E-state index contributed by atoms with van der Waals surface area (Å²) >= 11 is 2.55. The summed E-state index contributed by atoms with van der Waals surface area (Å²) in [6.45, 7) is 0. The number of hydrogen-bond acceptors (Lipinski definition) is 6. The fraction of sp³-hybridized carbons (Fsp3) is 0.364. The molecule has 2 aromatic rings. The molecule has 0 fully saturated rings. The maximum Gasteiger partial charge on any atom is 0.236 e. The number of carbonyl (C=O) groups excluding carboxylic acids is 2. The minimum atomic E-state index is -0.959. The van der Waals surface area contributed by atoms with E-state index in [1.807, 2.05) is 60.7 Å². The van der Waals surface area contributed by atoms with Gasteiger partial charge in [0.2, 0.25) is 11.8 Å². The number of hydrogen-bond donors (Lipinski definition) is 2. The summed E-state index contributed by atoms with van der Waals surface area (Å²) in [5, 5.41) is 20.3. The lowest BCUT2D eigenvalue weighted by molar-refractivity contribution is -0.116. The van der Waals surface area contributed by atoms with Gasteiger partial charge in [0.1, 0.15) is 0 Å². The first-order chi connectivity index (χ1) is 14.4. The largest absolute Gasteiger partial charge is 0.390 e. The normalized spacial score (nSPS) is 12.8. The molecular weight excluding hydrogens is 420 g/mol. The van der Waals surface area contributed by atoms with Crippen molar-refractivity contribution in [2.24, 2.45) is 0 Å². The van der Waals surface area contributed by atoms with Crippen molar-refractivity contribution in [1.82, 2.24) is 0 Å². The van der Waals surface area contributed by atoms with Crippen LogP contribution in [-0.2, 0) is 9.59 Å². The average Bonchev–Trinajstić information content (AvgIpc) is 2.78. The number of anilines is 2. The maximum atomic E-state index is 12.2. The predicted molar refractivity (Wildman–Crippen MR) is 126 cm³/mol. The van der Waals surface area contributed by atoms with Crippen LogP contribution in [-0.4, -0.2) is 71.3 Å². The van der Waals surface area contributed by atoms with Crippen molar-refractivity contribution in [3.05, 3.63) is 60.7 Å². The molecule has 0 aromatic heterocycles. The van der Waals surface area contributed by atoms with Crippen molar-refractivity contribution in [3.63, 3.8) is 0 Å². The standard InChI is InChI=1S/C22H28N2O4S2/c1-23(17-9-5-3-6-10-17)21(27)15-29-13-19(25)20(26)14-30-16-22(28)24(2)18-11-7-4-8-12-18/h3-12,19-20,25-26H,13-16H2,1-2H3. The molecule has 0 spiro atoms. The van der Waals surface area contributed by atoms with E-state index in [4.69, 9.17) is 0 Å². The number of carbonyl (C=O) groups is 2. The Balaban J connectivity index is 1.65. The SMILES string of the molecule is CN(C(=O)CSCC(O)C(O)CSCC(=O)N(C)c1ccccc1)c1ccccc1. The number of thioether (sulfide) groups is 2. The number of aliphatic hydroxyl groups excluding tert-OH is 2. The lowest BCUT2D eigenvalue weighted by atomic mass is 10.3. The van der Waals surface area contributed by atoms with E-state index in [2.05, 4.69) is 0 Å². The van der Waals surface area contributed by atoms with Gasteiger partial charge in [-0.15, -0.1) is 23.5 Å². The molecule has 0 aliphatic rings. The lowest BCUT2D eigenvalue weighted by Crippen LogP contribution is -2.33. The Labute approximate surface area is 186 Å². The van der Waals surface area contributed by atoms with Gasteiger partial charge in [-0.05, 0) is 24.3 Å². The topological polar surface area (TPSA) is 81.1 Å². The molecule has 2 aromatic carbocycles. The van der Waals surface area contributed by atoms with Crippen LogP contribution in [0.15, 0.2) is 60.7 Å². The quantitative estimate of drug-likeness (QED) is 0.550. The molecule has 2 N–H and O–H groups in total. The highest BCUT2D eigenvalue weighted by molar-refractivity contribution is 8.00. The van der Waals surface area contributed by atoms with Crippen molar-refractivity contribution in [3.8, 4) is 0 Å². The summed E-state index contributed by atoms with van der Waals surface area (Å²) < 4.78 is 0.